The molecule has 0 aliphatic carbocycles. The van der Waals surface area contributed by atoms with E-state index in [0.717, 1.165) is 50.9 Å². The number of benzene rings is 2. The molecule has 1 amide bonds. The predicted molar refractivity (Wildman–Crippen MR) is 145 cm³/mol. The Labute approximate surface area is 221 Å². The summed E-state index contributed by atoms with van der Waals surface area (Å²) in [6.45, 7) is 12.5. The predicted octanol–water partition coefficient (Wildman–Crippen LogP) is 5.35. The van der Waals surface area contributed by atoms with Crippen molar-refractivity contribution in [1.29, 1.82) is 0 Å². The molecular weight excluding hydrogens is 482 g/mol. The van der Waals surface area contributed by atoms with Gasteiger partial charge in [0.05, 0.1) is 22.8 Å². The Hall–Kier alpha value is -4.01. The molecule has 1 saturated heterocycles. The van der Waals surface area contributed by atoms with E-state index in [1.54, 1.807) is 4.90 Å². The summed E-state index contributed by atoms with van der Waals surface area (Å²) in [7, 11) is 0. The van der Waals surface area contributed by atoms with Crippen LogP contribution in [0.25, 0.3) is 22.2 Å². The molecule has 0 bridgehead atoms. The van der Waals surface area contributed by atoms with Crippen LogP contribution in [0.1, 0.15) is 43.8 Å². The molecule has 0 radical (unpaired) electrons. The number of hydrogen-bond acceptors (Lipinski definition) is 7. The van der Waals surface area contributed by atoms with Gasteiger partial charge in [-0.05, 0) is 52.3 Å². The number of rotatable bonds is 3. The first-order chi connectivity index (χ1) is 18.2. The molecule has 2 aliphatic heterocycles. The van der Waals surface area contributed by atoms with Crippen LogP contribution < -0.4 is 9.64 Å². The molecule has 9 heteroatoms. The van der Waals surface area contributed by atoms with Gasteiger partial charge in [0.25, 0.3) is 0 Å². The molecule has 4 aromatic rings. The van der Waals surface area contributed by atoms with Gasteiger partial charge in [-0.1, -0.05) is 35.5 Å². The average Bonchev–Trinajstić information content (AvgIpc) is 3.45. The Balaban J connectivity index is 1.42. The van der Waals surface area contributed by atoms with E-state index in [-0.39, 0.29) is 12.1 Å². The lowest BCUT2D eigenvalue weighted by molar-refractivity contribution is 0.0240. The number of aryl methyl sites for hydroxylation is 2. The molecule has 0 N–H and O–H groups in total. The summed E-state index contributed by atoms with van der Waals surface area (Å²) in [5.41, 5.74) is 5.23. The fourth-order valence-electron chi connectivity index (χ4n) is 5.45. The summed E-state index contributed by atoms with van der Waals surface area (Å²) < 4.78 is 19.9. The maximum Gasteiger partial charge on any atom is 0.410 e. The Morgan fingerprint density at radius 1 is 1.03 bits per heavy atom. The van der Waals surface area contributed by atoms with Crippen molar-refractivity contribution in [1.82, 2.24) is 19.6 Å². The molecule has 6 rings (SSSR count). The van der Waals surface area contributed by atoms with Crippen molar-refractivity contribution >= 4 is 23.1 Å². The smallest absolute Gasteiger partial charge is 0.410 e. The fourth-order valence-corrected chi connectivity index (χ4v) is 5.45. The summed E-state index contributed by atoms with van der Waals surface area (Å²) in [4.78, 5) is 21.8. The van der Waals surface area contributed by atoms with Crippen LogP contribution in [0.15, 0.2) is 47.0 Å². The summed E-state index contributed by atoms with van der Waals surface area (Å²) in [5.74, 6) is 2.45. The highest BCUT2D eigenvalue weighted by Gasteiger charge is 2.34. The van der Waals surface area contributed by atoms with Crippen molar-refractivity contribution in [2.24, 2.45) is 0 Å². The second-order valence-corrected chi connectivity index (χ2v) is 11.0. The van der Waals surface area contributed by atoms with Gasteiger partial charge in [0.15, 0.2) is 5.75 Å². The number of carbonyl (C=O) groups is 1. The number of carbonyl (C=O) groups excluding carboxylic acids is 1. The third-order valence-electron chi connectivity index (χ3n) is 7.19. The van der Waals surface area contributed by atoms with Crippen LogP contribution in [-0.4, -0.2) is 64.1 Å². The minimum Gasteiger partial charge on any atom is -0.488 e. The number of aromatic nitrogens is 3. The van der Waals surface area contributed by atoms with Crippen LogP contribution in [0.5, 0.6) is 5.75 Å². The molecule has 38 heavy (non-hydrogen) atoms. The zero-order valence-corrected chi connectivity index (χ0v) is 22.5. The highest BCUT2D eigenvalue weighted by atomic mass is 16.6. The molecule has 0 saturated carbocycles. The van der Waals surface area contributed by atoms with Crippen LogP contribution in [0, 0.1) is 13.8 Å². The largest absolute Gasteiger partial charge is 0.488 e. The van der Waals surface area contributed by atoms with Crippen molar-refractivity contribution in [3.05, 3.63) is 59.5 Å². The van der Waals surface area contributed by atoms with Gasteiger partial charge >= 0.3 is 6.09 Å². The molecule has 2 aliphatic rings. The van der Waals surface area contributed by atoms with Crippen LogP contribution >= 0.6 is 0 Å². The minimum absolute atomic E-state index is 0.0347. The minimum atomic E-state index is -0.516. The van der Waals surface area contributed by atoms with E-state index < -0.39 is 5.60 Å². The van der Waals surface area contributed by atoms with Gasteiger partial charge in [0, 0.05) is 31.7 Å². The molecule has 2 aromatic heterocycles. The molecule has 2 aromatic carbocycles. The first kappa shape index (κ1) is 24.3. The zero-order valence-electron chi connectivity index (χ0n) is 22.5. The number of hydrogen-bond donors (Lipinski definition) is 0. The van der Waals surface area contributed by atoms with E-state index in [4.69, 9.17) is 19.0 Å². The first-order valence-electron chi connectivity index (χ1n) is 13.1. The number of piperazine rings is 1. The summed E-state index contributed by atoms with van der Waals surface area (Å²) in [6, 6.07) is 14.5. The molecule has 1 unspecified atom stereocenters. The molecule has 198 valence electrons. The van der Waals surface area contributed by atoms with E-state index in [1.165, 1.54) is 0 Å². The molecule has 4 heterocycles. The quantitative estimate of drug-likeness (QED) is 0.364. The summed E-state index contributed by atoms with van der Waals surface area (Å²) in [5, 5.41) is 4.17. The SMILES string of the molecule is Cc1noc(C)c1-c1ccc2nc(N3CCN(C(=O)OC(C)(C)C)CC3)n3c2c1OCC3c1ccccc1. The zero-order chi connectivity index (χ0) is 26.6. The Bertz CT molecular complexity index is 1470. The average molecular weight is 516 g/mol. The molecule has 1 fully saturated rings. The van der Waals surface area contributed by atoms with Gasteiger partial charge in [0.2, 0.25) is 5.95 Å². The van der Waals surface area contributed by atoms with Gasteiger partial charge in [-0.2, -0.15) is 0 Å². The standard InChI is InChI=1S/C29H33N5O4/c1-18-24(19(2)38-31-18)21-11-12-22-25-26(21)36-17-23(20-9-7-6-8-10-20)34(25)27(30-22)32-13-15-33(16-14-32)28(35)37-29(3,4)5/h6-12,23H,13-17H2,1-5H3. The van der Waals surface area contributed by atoms with Gasteiger partial charge in [-0.15, -0.1) is 0 Å². The molecular formula is C29H33N5O4. The van der Waals surface area contributed by atoms with E-state index >= 15 is 0 Å². The summed E-state index contributed by atoms with van der Waals surface area (Å²) >= 11 is 0. The van der Waals surface area contributed by atoms with E-state index in [9.17, 15) is 4.79 Å². The number of amides is 1. The van der Waals surface area contributed by atoms with Gasteiger partial charge in [0.1, 0.15) is 23.5 Å². The second kappa shape index (κ2) is 9.08. The molecule has 0 spiro atoms. The van der Waals surface area contributed by atoms with Crippen molar-refractivity contribution < 1.29 is 18.8 Å². The maximum atomic E-state index is 12.7. The highest BCUT2D eigenvalue weighted by molar-refractivity contribution is 5.94. The number of nitrogens with zero attached hydrogens (tertiary/aromatic N) is 5. The lowest BCUT2D eigenvalue weighted by atomic mass is 10.00. The number of imidazole rings is 1. The van der Waals surface area contributed by atoms with E-state index in [0.29, 0.717) is 32.8 Å². The van der Waals surface area contributed by atoms with Crippen LogP contribution in [0.2, 0.25) is 0 Å². The third-order valence-corrected chi connectivity index (χ3v) is 7.19. The molecule has 1 atom stereocenters. The first-order valence-corrected chi connectivity index (χ1v) is 13.1. The molecule has 9 nitrogen and oxygen atoms in total. The number of anilines is 1. The van der Waals surface area contributed by atoms with Crippen molar-refractivity contribution in [3.63, 3.8) is 0 Å². The van der Waals surface area contributed by atoms with Crippen LogP contribution in [-0.2, 0) is 4.74 Å². The van der Waals surface area contributed by atoms with Gasteiger partial charge in [-0.25, -0.2) is 9.78 Å². The second-order valence-electron chi connectivity index (χ2n) is 11.0. The van der Waals surface area contributed by atoms with E-state index in [1.807, 2.05) is 46.8 Å². The maximum absolute atomic E-state index is 12.7. The van der Waals surface area contributed by atoms with Crippen LogP contribution in [0.4, 0.5) is 10.7 Å². The monoisotopic (exact) mass is 515 g/mol. The Morgan fingerprint density at radius 2 is 1.76 bits per heavy atom. The van der Waals surface area contributed by atoms with Crippen molar-refractivity contribution in [2.45, 2.75) is 46.3 Å². The fraction of sp³-hybridized carbons (Fsp3) is 0.414. The summed E-state index contributed by atoms with van der Waals surface area (Å²) in [6.07, 6.45) is -0.270. The van der Waals surface area contributed by atoms with Crippen molar-refractivity contribution in [2.75, 3.05) is 37.7 Å². The van der Waals surface area contributed by atoms with Gasteiger partial charge in [-0.3, -0.25) is 4.57 Å². The third kappa shape index (κ3) is 4.15. The lowest BCUT2D eigenvalue weighted by Gasteiger charge is -2.37. The van der Waals surface area contributed by atoms with Crippen molar-refractivity contribution in [3.8, 4) is 16.9 Å². The van der Waals surface area contributed by atoms with Crippen LogP contribution in [0.3, 0.4) is 0 Å². The van der Waals surface area contributed by atoms with Gasteiger partial charge < -0.3 is 23.8 Å². The van der Waals surface area contributed by atoms with E-state index in [2.05, 4.69) is 45.0 Å². The Morgan fingerprint density at radius 3 is 2.42 bits per heavy atom. The highest BCUT2D eigenvalue weighted by Crippen LogP contribution is 2.46. The lowest BCUT2D eigenvalue weighted by Crippen LogP contribution is -2.51. The normalized spacial score (nSPS) is 17.6. The Kier molecular flexibility index (Phi) is 5.81. The topological polar surface area (TPSA) is 85.9 Å². The number of ether oxygens (including phenoxy) is 2.